The number of carbonyl (C=O) groups is 2. The van der Waals surface area contributed by atoms with Crippen LogP contribution in [0.25, 0.3) is 0 Å². The summed E-state index contributed by atoms with van der Waals surface area (Å²) in [5, 5.41) is 23.1. The number of carbonyl (C=O) groups excluding carboxylic acids is 2. The van der Waals surface area contributed by atoms with Crippen molar-refractivity contribution in [3.05, 3.63) is 36.5 Å². The highest BCUT2D eigenvalue weighted by molar-refractivity contribution is 5.76. The van der Waals surface area contributed by atoms with Crippen molar-refractivity contribution in [2.75, 3.05) is 13.2 Å². The maximum atomic E-state index is 12.5. The van der Waals surface area contributed by atoms with Gasteiger partial charge in [-0.05, 0) is 83.5 Å². The summed E-state index contributed by atoms with van der Waals surface area (Å²) in [5.41, 5.74) is 0. The van der Waals surface area contributed by atoms with E-state index in [1.807, 2.05) is 6.08 Å². The summed E-state index contributed by atoms with van der Waals surface area (Å²) in [4.78, 5) is 24.6. The number of hydrogen-bond acceptors (Lipinski definition) is 5. The minimum absolute atomic E-state index is 0.0195. The molecule has 6 heteroatoms. The van der Waals surface area contributed by atoms with Gasteiger partial charge in [-0.15, -0.1) is 0 Å². The zero-order valence-electron chi connectivity index (χ0n) is 57.6. The summed E-state index contributed by atoms with van der Waals surface area (Å²) in [5.74, 6) is -0.0430. The Balaban J connectivity index is 3.31. The second-order valence-electron chi connectivity index (χ2n) is 26.7. The average molecular weight is 1200 g/mol. The topological polar surface area (TPSA) is 95.9 Å². The molecule has 0 aliphatic rings. The van der Waals surface area contributed by atoms with Gasteiger partial charge in [-0.1, -0.05) is 371 Å². The minimum atomic E-state index is -0.840. The van der Waals surface area contributed by atoms with Crippen LogP contribution in [0.1, 0.15) is 431 Å². The Morgan fingerprint density at radius 3 is 0.835 bits per heavy atom. The van der Waals surface area contributed by atoms with E-state index in [0.29, 0.717) is 19.4 Å². The molecule has 0 aliphatic carbocycles. The zero-order valence-corrected chi connectivity index (χ0v) is 57.6. The predicted molar refractivity (Wildman–Crippen MR) is 375 cm³/mol. The lowest BCUT2D eigenvalue weighted by atomic mass is 10.0. The summed E-state index contributed by atoms with van der Waals surface area (Å²) in [6.07, 6.45) is 97.1. The minimum Gasteiger partial charge on any atom is -0.466 e. The summed E-state index contributed by atoms with van der Waals surface area (Å²) in [7, 11) is 0. The van der Waals surface area contributed by atoms with E-state index in [4.69, 9.17) is 4.74 Å². The van der Waals surface area contributed by atoms with Gasteiger partial charge in [-0.3, -0.25) is 9.59 Å². The van der Waals surface area contributed by atoms with Gasteiger partial charge in [-0.2, -0.15) is 0 Å². The van der Waals surface area contributed by atoms with Crippen molar-refractivity contribution in [3.63, 3.8) is 0 Å². The van der Waals surface area contributed by atoms with Gasteiger partial charge in [0, 0.05) is 12.8 Å². The molecule has 2 unspecified atom stereocenters. The molecule has 0 aromatic rings. The number of amides is 1. The van der Waals surface area contributed by atoms with Crippen LogP contribution in [-0.2, 0) is 14.3 Å². The fourth-order valence-electron chi connectivity index (χ4n) is 12.2. The molecule has 3 N–H and O–H groups in total. The molecule has 0 rings (SSSR count). The zero-order chi connectivity index (χ0) is 61.3. The normalized spacial score (nSPS) is 12.7. The van der Waals surface area contributed by atoms with E-state index in [1.54, 1.807) is 6.08 Å². The standard InChI is InChI=1S/C79H151NO5/c1-3-5-7-9-11-13-15-17-18-42-46-49-53-57-61-65-69-73-79(84)85-74-70-66-62-58-54-50-47-44-41-39-37-35-33-31-29-27-25-23-21-19-20-22-24-26-28-30-32-34-36-38-40-43-45-48-52-56-60-64-68-72-78(83)80-76(75-81)77(82)71-67-63-59-55-51-16-14-12-10-8-6-4-2/h17-20,67,71,76-77,81-82H,3-16,21-66,68-70,72-75H2,1-2H3,(H,80,83)/b18-17-,20-19-,71-67+. The van der Waals surface area contributed by atoms with Crippen LogP contribution in [0, 0.1) is 0 Å². The molecular weight excluding hydrogens is 1040 g/mol. The summed E-state index contributed by atoms with van der Waals surface area (Å²) >= 11 is 0. The predicted octanol–water partition coefficient (Wildman–Crippen LogP) is 25.4. The Hall–Kier alpha value is -1.92. The van der Waals surface area contributed by atoms with E-state index in [1.165, 1.54) is 366 Å². The van der Waals surface area contributed by atoms with Crippen LogP contribution in [0.4, 0.5) is 0 Å². The lowest BCUT2D eigenvalue weighted by Gasteiger charge is -2.20. The van der Waals surface area contributed by atoms with Gasteiger partial charge in [0.05, 0.1) is 25.4 Å². The first kappa shape index (κ1) is 83.1. The third-order valence-electron chi connectivity index (χ3n) is 18.1. The Bertz CT molecular complexity index is 1380. The van der Waals surface area contributed by atoms with E-state index in [2.05, 4.69) is 43.5 Å². The first-order chi connectivity index (χ1) is 42.0. The highest BCUT2D eigenvalue weighted by Crippen LogP contribution is 2.19. The molecule has 0 heterocycles. The van der Waals surface area contributed by atoms with E-state index in [0.717, 1.165) is 38.5 Å². The highest BCUT2D eigenvalue weighted by atomic mass is 16.5. The van der Waals surface area contributed by atoms with Crippen molar-refractivity contribution >= 4 is 11.9 Å². The van der Waals surface area contributed by atoms with Crippen LogP contribution in [0.5, 0.6) is 0 Å². The molecule has 0 saturated heterocycles. The van der Waals surface area contributed by atoms with Crippen LogP contribution in [0.2, 0.25) is 0 Å². The smallest absolute Gasteiger partial charge is 0.305 e. The molecule has 0 aromatic carbocycles. The number of hydrogen-bond donors (Lipinski definition) is 3. The molecule has 0 aromatic heterocycles. The molecule has 0 spiro atoms. The van der Waals surface area contributed by atoms with Gasteiger partial charge in [0.15, 0.2) is 0 Å². The Kier molecular flexibility index (Phi) is 72.9. The Morgan fingerprint density at radius 2 is 0.553 bits per heavy atom. The third kappa shape index (κ3) is 71.0. The second-order valence-corrected chi connectivity index (χ2v) is 26.7. The number of unbranched alkanes of at least 4 members (excludes halogenated alkanes) is 58. The van der Waals surface area contributed by atoms with Crippen molar-refractivity contribution in [2.24, 2.45) is 0 Å². The molecule has 0 saturated carbocycles. The van der Waals surface area contributed by atoms with Crippen molar-refractivity contribution < 1.29 is 24.5 Å². The number of allylic oxidation sites excluding steroid dienone is 5. The monoisotopic (exact) mass is 1190 g/mol. The number of aliphatic hydroxyl groups excluding tert-OH is 2. The quantitative estimate of drug-likeness (QED) is 0.0320. The van der Waals surface area contributed by atoms with Crippen molar-refractivity contribution in [2.45, 2.75) is 443 Å². The Labute approximate surface area is 532 Å². The van der Waals surface area contributed by atoms with Gasteiger partial charge >= 0.3 is 5.97 Å². The second kappa shape index (κ2) is 74.5. The molecule has 1 amide bonds. The van der Waals surface area contributed by atoms with Crippen molar-refractivity contribution in [1.82, 2.24) is 5.32 Å². The van der Waals surface area contributed by atoms with Crippen LogP contribution in [0.15, 0.2) is 36.5 Å². The number of nitrogens with one attached hydrogen (secondary N) is 1. The summed E-state index contributed by atoms with van der Waals surface area (Å²) in [6, 6.07) is -0.623. The van der Waals surface area contributed by atoms with Crippen LogP contribution in [0.3, 0.4) is 0 Å². The van der Waals surface area contributed by atoms with Crippen LogP contribution < -0.4 is 5.32 Å². The van der Waals surface area contributed by atoms with Gasteiger partial charge < -0.3 is 20.3 Å². The molecule has 6 nitrogen and oxygen atoms in total. The lowest BCUT2D eigenvalue weighted by Crippen LogP contribution is -2.45. The molecule has 0 fully saturated rings. The summed E-state index contributed by atoms with van der Waals surface area (Å²) in [6.45, 7) is 4.92. The number of rotatable bonds is 73. The van der Waals surface area contributed by atoms with Gasteiger partial charge in [-0.25, -0.2) is 0 Å². The van der Waals surface area contributed by atoms with Gasteiger partial charge in [0.25, 0.3) is 0 Å². The Morgan fingerprint density at radius 1 is 0.318 bits per heavy atom. The van der Waals surface area contributed by atoms with Crippen LogP contribution >= 0.6 is 0 Å². The van der Waals surface area contributed by atoms with Crippen molar-refractivity contribution in [3.8, 4) is 0 Å². The van der Waals surface area contributed by atoms with Gasteiger partial charge in [0.1, 0.15) is 0 Å². The molecule has 502 valence electrons. The van der Waals surface area contributed by atoms with E-state index >= 15 is 0 Å². The maximum absolute atomic E-state index is 12.5. The lowest BCUT2D eigenvalue weighted by molar-refractivity contribution is -0.143. The number of esters is 1. The highest BCUT2D eigenvalue weighted by Gasteiger charge is 2.18. The molecular formula is C79H151NO5. The third-order valence-corrected chi connectivity index (χ3v) is 18.1. The molecule has 0 bridgehead atoms. The summed E-state index contributed by atoms with van der Waals surface area (Å²) < 4.78 is 5.51. The SMILES string of the molecule is CCCCCCCC/C=C\CCCCCCCCCC(=O)OCCCCCCCCCCCCCCCCCCCC/C=C\CCCCCCCCCCCCCCCCCCCC(=O)NC(CO)C(O)/C=C/CCCCCCCCCCCC. The molecule has 2 atom stereocenters. The first-order valence-electron chi connectivity index (χ1n) is 38.8. The number of aliphatic hydroxyl groups is 2. The van der Waals surface area contributed by atoms with Gasteiger partial charge in [0.2, 0.25) is 5.91 Å². The fourth-order valence-corrected chi connectivity index (χ4v) is 12.2. The van der Waals surface area contributed by atoms with E-state index in [-0.39, 0.29) is 18.5 Å². The maximum Gasteiger partial charge on any atom is 0.305 e. The number of ether oxygens (including phenoxy) is 1. The van der Waals surface area contributed by atoms with E-state index in [9.17, 15) is 19.8 Å². The first-order valence-corrected chi connectivity index (χ1v) is 38.8. The largest absolute Gasteiger partial charge is 0.466 e. The van der Waals surface area contributed by atoms with E-state index < -0.39 is 12.1 Å². The average Bonchev–Trinajstić information content (AvgIpc) is 3.52. The molecule has 0 radical (unpaired) electrons. The van der Waals surface area contributed by atoms with Crippen molar-refractivity contribution in [1.29, 1.82) is 0 Å². The molecule has 85 heavy (non-hydrogen) atoms. The van der Waals surface area contributed by atoms with Crippen LogP contribution in [-0.4, -0.2) is 47.4 Å². The fraction of sp³-hybridized carbons (Fsp3) is 0.899. The molecule has 0 aliphatic heterocycles.